The summed E-state index contributed by atoms with van der Waals surface area (Å²) < 4.78 is 0. The van der Waals surface area contributed by atoms with Crippen LogP contribution in [-0.4, -0.2) is 40.5 Å². The van der Waals surface area contributed by atoms with E-state index in [2.05, 4.69) is 5.32 Å². The van der Waals surface area contributed by atoms with Crippen molar-refractivity contribution < 1.29 is 24.6 Å². The van der Waals surface area contributed by atoms with Crippen LogP contribution in [0.2, 0.25) is 0 Å². The predicted molar refractivity (Wildman–Crippen MR) is 90.3 cm³/mol. The van der Waals surface area contributed by atoms with E-state index in [0.29, 0.717) is 32.1 Å². The number of carbonyl (C=O) groups excluding carboxylic acids is 2. The maximum absolute atomic E-state index is 12.2. The van der Waals surface area contributed by atoms with Crippen LogP contribution in [0.1, 0.15) is 52.4 Å². The third kappa shape index (κ3) is 6.07. The largest absolute Gasteiger partial charge is 0.480 e. The molecule has 6 heteroatoms. The molecule has 0 saturated heterocycles. The predicted octanol–water partition coefficient (Wildman–Crippen LogP) is 1.92. The maximum atomic E-state index is 12.2. The van der Waals surface area contributed by atoms with Gasteiger partial charge in [-0.25, -0.2) is 4.79 Å². The van der Waals surface area contributed by atoms with Crippen molar-refractivity contribution in [2.45, 2.75) is 58.4 Å². The smallest absolute Gasteiger partial charge is 0.326 e. The van der Waals surface area contributed by atoms with Crippen molar-refractivity contribution in [3.05, 3.63) is 12.2 Å². The van der Waals surface area contributed by atoms with E-state index in [1.165, 1.54) is 0 Å². The van der Waals surface area contributed by atoms with Crippen LogP contribution in [0.4, 0.5) is 0 Å². The summed E-state index contributed by atoms with van der Waals surface area (Å²) in [5, 5.41) is 20.6. The van der Waals surface area contributed by atoms with Crippen molar-refractivity contribution in [2.75, 3.05) is 6.61 Å². The number of allylic oxidation sites excluding steroid dienone is 1. The van der Waals surface area contributed by atoms with E-state index in [1.807, 2.05) is 19.1 Å². The molecule has 1 aliphatic carbocycles. The molecular formula is C18H29NO5. The molecule has 1 rings (SSSR count). The molecule has 0 aromatic carbocycles. The number of hydrogen-bond donors (Lipinski definition) is 3. The highest BCUT2D eigenvalue weighted by Gasteiger charge is 2.35. The molecule has 1 saturated carbocycles. The lowest BCUT2D eigenvalue weighted by Crippen LogP contribution is -2.45. The number of carboxylic acid groups (broad SMARTS) is 1. The van der Waals surface area contributed by atoms with Gasteiger partial charge >= 0.3 is 5.97 Å². The fourth-order valence-electron chi connectivity index (χ4n) is 3.13. The Bertz CT molecular complexity index is 474. The SMILES string of the molecule is CCC(C)C(NC(=O)CC1CCC(=O)C1CC=CCCO)C(=O)O. The Morgan fingerprint density at radius 2 is 2.08 bits per heavy atom. The van der Waals surface area contributed by atoms with Crippen molar-refractivity contribution >= 4 is 17.7 Å². The summed E-state index contributed by atoms with van der Waals surface area (Å²) in [7, 11) is 0. The second-order valence-electron chi connectivity index (χ2n) is 6.56. The molecule has 4 unspecified atom stereocenters. The van der Waals surface area contributed by atoms with Crippen molar-refractivity contribution in [3.8, 4) is 0 Å². The quantitative estimate of drug-likeness (QED) is 0.528. The Kier molecular flexibility index (Phi) is 8.68. The lowest BCUT2D eigenvalue weighted by Gasteiger charge is -2.22. The summed E-state index contributed by atoms with van der Waals surface area (Å²) in [6.07, 6.45) is 6.85. The Balaban J connectivity index is 2.60. The number of Topliss-reactive ketones (excluding diaryl/α,β-unsaturated/α-hetero) is 1. The van der Waals surface area contributed by atoms with Crippen molar-refractivity contribution in [3.63, 3.8) is 0 Å². The monoisotopic (exact) mass is 339 g/mol. The number of carbonyl (C=O) groups is 3. The number of aliphatic carboxylic acids is 1. The first-order valence-electron chi connectivity index (χ1n) is 8.71. The zero-order chi connectivity index (χ0) is 18.1. The first kappa shape index (κ1) is 20.4. The first-order valence-corrected chi connectivity index (χ1v) is 8.71. The molecule has 0 radical (unpaired) electrons. The third-order valence-electron chi connectivity index (χ3n) is 4.84. The number of aliphatic hydroxyl groups excluding tert-OH is 1. The van der Waals surface area contributed by atoms with Crippen LogP contribution >= 0.6 is 0 Å². The van der Waals surface area contributed by atoms with E-state index in [4.69, 9.17) is 5.11 Å². The molecule has 0 aliphatic heterocycles. The van der Waals surface area contributed by atoms with E-state index in [0.717, 1.165) is 0 Å². The van der Waals surface area contributed by atoms with Crippen LogP contribution in [0.5, 0.6) is 0 Å². The van der Waals surface area contributed by atoms with Gasteiger partial charge in [-0.3, -0.25) is 9.59 Å². The van der Waals surface area contributed by atoms with Crippen molar-refractivity contribution in [2.24, 2.45) is 17.8 Å². The van der Waals surface area contributed by atoms with Crippen molar-refractivity contribution in [1.82, 2.24) is 5.32 Å². The van der Waals surface area contributed by atoms with Crippen LogP contribution in [0.3, 0.4) is 0 Å². The van der Waals surface area contributed by atoms with E-state index in [1.54, 1.807) is 6.92 Å². The van der Waals surface area contributed by atoms with Crippen LogP contribution in [0, 0.1) is 17.8 Å². The van der Waals surface area contributed by atoms with Gasteiger partial charge in [-0.1, -0.05) is 32.4 Å². The summed E-state index contributed by atoms with van der Waals surface area (Å²) in [5.74, 6) is -1.53. The minimum atomic E-state index is -1.02. The maximum Gasteiger partial charge on any atom is 0.326 e. The lowest BCUT2D eigenvalue weighted by molar-refractivity contribution is -0.143. The Hall–Kier alpha value is -1.69. The topological polar surface area (TPSA) is 104 Å². The van der Waals surface area contributed by atoms with Gasteiger partial charge in [0.15, 0.2) is 0 Å². The minimum absolute atomic E-state index is 0.0392. The van der Waals surface area contributed by atoms with Gasteiger partial charge < -0.3 is 15.5 Å². The molecule has 1 aliphatic rings. The zero-order valence-corrected chi connectivity index (χ0v) is 14.5. The lowest BCUT2D eigenvalue weighted by atomic mass is 9.89. The average molecular weight is 339 g/mol. The highest BCUT2D eigenvalue weighted by Crippen LogP contribution is 2.34. The first-order chi connectivity index (χ1) is 11.4. The molecule has 4 atom stereocenters. The molecule has 1 fully saturated rings. The molecule has 136 valence electrons. The fraction of sp³-hybridized carbons (Fsp3) is 0.722. The van der Waals surface area contributed by atoms with E-state index in [-0.39, 0.29) is 42.5 Å². The van der Waals surface area contributed by atoms with Crippen LogP contribution in [-0.2, 0) is 14.4 Å². The van der Waals surface area contributed by atoms with E-state index < -0.39 is 12.0 Å². The summed E-state index contributed by atoms with van der Waals surface area (Å²) in [5.41, 5.74) is 0. The number of carboxylic acids is 1. The third-order valence-corrected chi connectivity index (χ3v) is 4.84. The van der Waals surface area contributed by atoms with Gasteiger partial charge in [0.1, 0.15) is 11.8 Å². The summed E-state index contributed by atoms with van der Waals surface area (Å²) >= 11 is 0. The molecule has 3 N–H and O–H groups in total. The van der Waals surface area contributed by atoms with Gasteiger partial charge in [0.25, 0.3) is 0 Å². The number of rotatable bonds is 10. The molecule has 24 heavy (non-hydrogen) atoms. The number of ketones is 1. The summed E-state index contributed by atoms with van der Waals surface area (Å²) in [6.45, 7) is 3.76. The average Bonchev–Trinajstić information content (AvgIpc) is 2.88. The summed E-state index contributed by atoms with van der Waals surface area (Å²) in [4.78, 5) is 35.5. The molecule has 0 aromatic rings. The van der Waals surface area contributed by atoms with Crippen LogP contribution in [0.25, 0.3) is 0 Å². The second-order valence-corrected chi connectivity index (χ2v) is 6.56. The van der Waals surface area contributed by atoms with Gasteiger partial charge in [0, 0.05) is 25.4 Å². The van der Waals surface area contributed by atoms with Gasteiger partial charge in [0.2, 0.25) is 5.91 Å². The molecular weight excluding hydrogens is 310 g/mol. The number of hydrogen-bond acceptors (Lipinski definition) is 4. The molecule has 0 bridgehead atoms. The zero-order valence-electron chi connectivity index (χ0n) is 14.5. The fourth-order valence-corrected chi connectivity index (χ4v) is 3.13. The highest BCUT2D eigenvalue weighted by molar-refractivity contribution is 5.87. The van der Waals surface area contributed by atoms with Crippen molar-refractivity contribution in [1.29, 1.82) is 0 Å². The van der Waals surface area contributed by atoms with E-state index >= 15 is 0 Å². The summed E-state index contributed by atoms with van der Waals surface area (Å²) in [6, 6.07) is -0.887. The highest BCUT2D eigenvalue weighted by atomic mass is 16.4. The van der Waals surface area contributed by atoms with Crippen LogP contribution < -0.4 is 5.32 Å². The van der Waals surface area contributed by atoms with Gasteiger partial charge in [-0.15, -0.1) is 0 Å². The normalized spacial score (nSPS) is 23.4. The van der Waals surface area contributed by atoms with Crippen LogP contribution in [0.15, 0.2) is 12.2 Å². The van der Waals surface area contributed by atoms with Gasteiger partial charge in [-0.05, 0) is 31.1 Å². The molecule has 0 heterocycles. The number of aliphatic hydroxyl groups is 1. The molecule has 0 spiro atoms. The molecule has 0 aromatic heterocycles. The number of nitrogens with one attached hydrogen (secondary N) is 1. The minimum Gasteiger partial charge on any atom is -0.480 e. The molecule has 6 nitrogen and oxygen atoms in total. The standard InChI is InChI=1S/C18H29NO5/c1-3-12(2)17(18(23)24)19-16(22)11-13-8-9-15(21)14(13)7-5-4-6-10-20/h4-5,12-14,17,20H,3,6-11H2,1-2H3,(H,19,22)(H,23,24). The Morgan fingerprint density at radius 3 is 2.67 bits per heavy atom. The molecule has 1 amide bonds. The van der Waals surface area contributed by atoms with E-state index in [9.17, 15) is 19.5 Å². The second kappa shape index (κ2) is 10.2. The number of amides is 1. The Morgan fingerprint density at radius 1 is 1.38 bits per heavy atom. The van der Waals surface area contributed by atoms with Gasteiger partial charge in [-0.2, -0.15) is 0 Å². The Labute approximate surface area is 143 Å². The van der Waals surface area contributed by atoms with Gasteiger partial charge in [0.05, 0.1) is 0 Å².